The second-order valence-electron chi connectivity index (χ2n) is 4.57. The molecule has 0 aromatic carbocycles. The van der Waals surface area contributed by atoms with Gasteiger partial charge in [0.05, 0.1) is 12.2 Å². The maximum Gasteiger partial charge on any atom is 0.268 e. The largest absolute Gasteiger partial charge is 0.389 e. The zero-order valence-corrected chi connectivity index (χ0v) is 10.6. The molecule has 2 N–H and O–H groups in total. The number of hydrogen-bond donors (Lipinski definition) is 2. The lowest BCUT2D eigenvalue weighted by Crippen LogP contribution is -2.38. The molecular weight excluding hydrogens is 220 g/mol. The van der Waals surface area contributed by atoms with Crippen molar-refractivity contribution in [2.45, 2.75) is 26.0 Å². The highest BCUT2D eigenvalue weighted by atomic mass is 16.5. The Bertz CT molecular complexity index is 366. The topological polar surface area (TPSA) is 63.5 Å². The number of carbonyl (C=O) groups is 1. The molecule has 0 saturated carbocycles. The fourth-order valence-corrected chi connectivity index (χ4v) is 1.39. The molecule has 0 aliphatic rings. The van der Waals surface area contributed by atoms with Gasteiger partial charge < -0.3 is 19.7 Å². The van der Waals surface area contributed by atoms with Crippen LogP contribution in [0.3, 0.4) is 0 Å². The summed E-state index contributed by atoms with van der Waals surface area (Å²) in [4.78, 5) is 11.9. The Kier molecular flexibility index (Phi) is 4.72. The van der Waals surface area contributed by atoms with Crippen LogP contribution in [0.5, 0.6) is 0 Å². The molecule has 5 heteroatoms. The lowest BCUT2D eigenvalue weighted by atomic mass is 10.1. The van der Waals surface area contributed by atoms with Crippen molar-refractivity contribution < 1.29 is 14.6 Å². The Balaban J connectivity index is 2.59. The highest BCUT2D eigenvalue weighted by Gasteiger charge is 2.16. The average molecular weight is 240 g/mol. The number of carbonyl (C=O) groups excluding carboxylic acids is 1. The van der Waals surface area contributed by atoms with Crippen LogP contribution in [0, 0.1) is 0 Å². The molecule has 96 valence electrons. The van der Waals surface area contributed by atoms with Gasteiger partial charge in [-0.15, -0.1) is 0 Å². The number of nitrogens with one attached hydrogen (secondary N) is 1. The van der Waals surface area contributed by atoms with Crippen LogP contribution in [0.4, 0.5) is 0 Å². The summed E-state index contributed by atoms with van der Waals surface area (Å²) in [6.45, 7) is 4.71. The smallest absolute Gasteiger partial charge is 0.268 e. The molecule has 17 heavy (non-hydrogen) atoms. The van der Waals surface area contributed by atoms with E-state index in [1.54, 1.807) is 27.0 Å². The van der Waals surface area contributed by atoms with E-state index in [0.717, 1.165) is 0 Å². The fraction of sp³-hybridized carbons (Fsp3) is 0.583. The molecule has 5 nitrogen and oxygen atoms in total. The van der Waals surface area contributed by atoms with Gasteiger partial charge >= 0.3 is 0 Å². The van der Waals surface area contributed by atoms with Crippen molar-refractivity contribution in [2.75, 3.05) is 20.3 Å². The van der Waals surface area contributed by atoms with Gasteiger partial charge in [-0.05, 0) is 26.0 Å². The first-order chi connectivity index (χ1) is 7.94. The minimum Gasteiger partial charge on any atom is -0.389 e. The summed E-state index contributed by atoms with van der Waals surface area (Å²) >= 11 is 0. The van der Waals surface area contributed by atoms with Gasteiger partial charge in [0, 0.05) is 26.4 Å². The number of ether oxygens (including phenoxy) is 1. The molecule has 0 radical (unpaired) electrons. The van der Waals surface area contributed by atoms with E-state index in [1.165, 1.54) is 0 Å². The minimum absolute atomic E-state index is 0.187. The zero-order valence-electron chi connectivity index (χ0n) is 10.6. The van der Waals surface area contributed by atoms with E-state index in [2.05, 4.69) is 5.32 Å². The molecule has 0 spiro atoms. The summed E-state index contributed by atoms with van der Waals surface area (Å²) in [5.41, 5.74) is -0.328. The summed E-state index contributed by atoms with van der Waals surface area (Å²) < 4.78 is 6.79. The number of aromatic nitrogens is 1. The number of hydrogen-bond acceptors (Lipinski definition) is 3. The van der Waals surface area contributed by atoms with Gasteiger partial charge in [0.1, 0.15) is 5.69 Å². The van der Waals surface area contributed by atoms with E-state index in [0.29, 0.717) is 18.8 Å². The SMILES string of the molecule is COCCn1cccc1C(=O)NCC(C)(C)O. The van der Waals surface area contributed by atoms with Crippen LogP contribution in [0.2, 0.25) is 0 Å². The molecule has 0 aliphatic heterocycles. The van der Waals surface area contributed by atoms with Crippen molar-refractivity contribution in [1.82, 2.24) is 9.88 Å². The summed E-state index contributed by atoms with van der Waals surface area (Å²) in [6, 6.07) is 3.56. The van der Waals surface area contributed by atoms with Crippen molar-refractivity contribution in [3.63, 3.8) is 0 Å². The quantitative estimate of drug-likeness (QED) is 0.767. The first kappa shape index (κ1) is 13.7. The molecule has 1 rings (SSSR count). The van der Waals surface area contributed by atoms with Crippen molar-refractivity contribution in [3.05, 3.63) is 24.0 Å². The third-order valence-electron chi connectivity index (χ3n) is 2.28. The first-order valence-electron chi connectivity index (χ1n) is 5.59. The number of amides is 1. The number of nitrogens with zero attached hydrogens (tertiary/aromatic N) is 1. The predicted molar refractivity (Wildman–Crippen MR) is 64.9 cm³/mol. The summed E-state index contributed by atoms with van der Waals surface area (Å²) in [6.07, 6.45) is 1.83. The van der Waals surface area contributed by atoms with Crippen LogP contribution in [0.25, 0.3) is 0 Å². The van der Waals surface area contributed by atoms with Crippen LogP contribution in [-0.2, 0) is 11.3 Å². The third-order valence-corrected chi connectivity index (χ3v) is 2.28. The Morgan fingerprint density at radius 3 is 2.88 bits per heavy atom. The van der Waals surface area contributed by atoms with Crippen LogP contribution < -0.4 is 5.32 Å². The van der Waals surface area contributed by atoms with E-state index < -0.39 is 5.60 Å². The Morgan fingerprint density at radius 1 is 1.59 bits per heavy atom. The van der Waals surface area contributed by atoms with Gasteiger partial charge in [-0.3, -0.25) is 4.79 Å². The van der Waals surface area contributed by atoms with Crippen LogP contribution in [0.15, 0.2) is 18.3 Å². The fourth-order valence-electron chi connectivity index (χ4n) is 1.39. The monoisotopic (exact) mass is 240 g/mol. The van der Waals surface area contributed by atoms with Crippen LogP contribution in [0.1, 0.15) is 24.3 Å². The average Bonchev–Trinajstić information content (AvgIpc) is 2.70. The molecular formula is C12H20N2O3. The molecule has 0 bridgehead atoms. The van der Waals surface area contributed by atoms with Gasteiger partial charge in [-0.2, -0.15) is 0 Å². The standard InChI is InChI=1S/C12H20N2O3/c1-12(2,16)9-13-11(15)10-5-4-6-14(10)7-8-17-3/h4-6,16H,7-9H2,1-3H3,(H,13,15). The van der Waals surface area contributed by atoms with Gasteiger partial charge in [-0.25, -0.2) is 0 Å². The molecule has 1 aromatic heterocycles. The molecule has 0 saturated heterocycles. The summed E-state index contributed by atoms with van der Waals surface area (Å²) in [7, 11) is 1.62. The van der Waals surface area contributed by atoms with Crippen molar-refractivity contribution >= 4 is 5.91 Å². The van der Waals surface area contributed by atoms with E-state index >= 15 is 0 Å². The number of aliphatic hydroxyl groups is 1. The van der Waals surface area contributed by atoms with Gasteiger partial charge in [0.2, 0.25) is 0 Å². The lowest BCUT2D eigenvalue weighted by Gasteiger charge is -2.18. The Hall–Kier alpha value is -1.33. The Morgan fingerprint density at radius 2 is 2.29 bits per heavy atom. The molecule has 0 unspecified atom stereocenters. The third kappa shape index (κ3) is 4.58. The van der Waals surface area contributed by atoms with Crippen molar-refractivity contribution in [2.24, 2.45) is 0 Å². The molecule has 1 amide bonds. The molecule has 1 aromatic rings. The molecule has 1 heterocycles. The van der Waals surface area contributed by atoms with Crippen LogP contribution >= 0.6 is 0 Å². The lowest BCUT2D eigenvalue weighted by molar-refractivity contribution is 0.0688. The van der Waals surface area contributed by atoms with Crippen molar-refractivity contribution in [1.29, 1.82) is 0 Å². The maximum absolute atomic E-state index is 11.9. The zero-order chi connectivity index (χ0) is 12.9. The second kappa shape index (κ2) is 5.84. The minimum atomic E-state index is -0.903. The highest BCUT2D eigenvalue weighted by Crippen LogP contribution is 2.04. The van der Waals surface area contributed by atoms with Crippen molar-refractivity contribution in [3.8, 4) is 0 Å². The number of rotatable bonds is 6. The Labute approximate surface area is 101 Å². The van der Waals surface area contributed by atoms with Gasteiger partial charge in [0.25, 0.3) is 5.91 Å². The molecule has 0 fully saturated rings. The normalized spacial score (nSPS) is 11.5. The van der Waals surface area contributed by atoms with E-state index in [4.69, 9.17) is 4.74 Å². The van der Waals surface area contributed by atoms with E-state index in [1.807, 2.05) is 16.8 Å². The first-order valence-corrected chi connectivity index (χ1v) is 5.59. The summed E-state index contributed by atoms with van der Waals surface area (Å²) in [5, 5.41) is 12.2. The van der Waals surface area contributed by atoms with E-state index in [-0.39, 0.29) is 12.5 Å². The van der Waals surface area contributed by atoms with Gasteiger partial charge in [-0.1, -0.05) is 0 Å². The summed E-state index contributed by atoms with van der Waals surface area (Å²) in [5.74, 6) is -0.187. The molecule has 0 aliphatic carbocycles. The highest BCUT2D eigenvalue weighted by molar-refractivity contribution is 5.92. The molecule has 0 atom stereocenters. The predicted octanol–water partition coefficient (Wildman–Crippen LogP) is 0.635. The maximum atomic E-state index is 11.9. The van der Waals surface area contributed by atoms with Crippen LogP contribution in [-0.4, -0.2) is 41.4 Å². The van der Waals surface area contributed by atoms with Gasteiger partial charge in [0.15, 0.2) is 0 Å². The second-order valence-corrected chi connectivity index (χ2v) is 4.57. The van der Waals surface area contributed by atoms with E-state index in [9.17, 15) is 9.90 Å². The number of methoxy groups -OCH3 is 1.